The maximum Gasteiger partial charge on any atom is 0.217 e. The summed E-state index contributed by atoms with van der Waals surface area (Å²) in [6, 6.07) is 0. The highest BCUT2D eigenvalue weighted by Crippen LogP contribution is 1.63. The van der Waals surface area contributed by atoms with Gasteiger partial charge in [0, 0.05) is 0 Å². The number of hydrogen-bond acceptors (Lipinski definition) is 2. The molecule has 7 heavy (non-hydrogen) atoms. The monoisotopic (exact) mass is 104 g/mol. The molecule has 0 saturated heterocycles. The average molecular weight is 104 g/mol. The predicted octanol–water partition coefficient (Wildman–Crippen LogP) is -1.50. The molecular formula is C4H8O3. The van der Waals surface area contributed by atoms with E-state index in [0.717, 1.165) is 0 Å². The van der Waals surface area contributed by atoms with E-state index in [-0.39, 0.29) is 5.48 Å². The summed E-state index contributed by atoms with van der Waals surface area (Å²) in [4.78, 5) is 0. The molecule has 4 N–H and O–H groups in total. The molecule has 0 aromatic heterocycles. The summed E-state index contributed by atoms with van der Waals surface area (Å²) in [5.74, 6) is 4.39. The highest BCUT2D eigenvalue weighted by atomic mass is 16.5. The lowest BCUT2D eigenvalue weighted by Gasteiger charge is -1.82. The molecule has 0 aromatic carbocycles. The zero-order chi connectivity index (χ0) is 4.99. The van der Waals surface area contributed by atoms with Gasteiger partial charge in [0.2, 0.25) is 6.29 Å². The van der Waals surface area contributed by atoms with E-state index in [0.29, 0.717) is 0 Å². The van der Waals surface area contributed by atoms with Gasteiger partial charge in [-0.3, -0.25) is 0 Å². The van der Waals surface area contributed by atoms with E-state index in [4.69, 9.17) is 10.2 Å². The molecule has 0 spiro atoms. The molecule has 42 valence electrons. The van der Waals surface area contributed by atoms with Crippen molar-refractivity contribution < 1.29 is 15.7 Å². The summed E-state index contributed by atoms with van der Waals surface area (Å²) in [5.41, 5.74) is 0. The van der Waals surface area contributed by atoms with Crippen LogP contribution in [0.15, 0.2) is 0 Å². The van der Waals surface area contributed by atoms with Gasteiger partial charge in [0.1, 0.15) is 0 Å². The first-order valence-corrected chi connectivity index (χ1v) is 1.56. The van der Waals surface area contributed by atoms with Gasteiger partial charge >= 0.3 is 0 Å². The lowest BCUT2D eigenvalue weighted by Crippen LogP contribution is -1.97. The van der Waals surface area contributed by atoms with E-state index in [1.165, 1.54) is 0 Å². The first kappa shape index (κ1) is 9.67. The summed E-state index contributed by atoms with van der Waals surface area (Å²) in [6.45, 7) is 1.54. The van der Waals surface area contributed by atoms with Crippen molar-refractivity contribution in [1.29, 1.82) is 0 Å². The van der Waals surface area contributed by atoms with Crippen LogP contribution in [0.1, 0.15) is 6.92 Å². The van der Waals surface area contributed by atoms with Crippen molar-refractivity contribution in [3.05, 3.63) is 0 Å². The first-order valence-electron chi connectivity index (χ1n) is 1.56. The first-order chi connectivity index (χ1) is 2.77. The van der Waals surface area contributed by atoms with Crippen molar-refractivity contribution in [1.82, 2.24) is 0 Å². The number of rotatable bonds is 0. The summed E-state index contributed by atoms with van der Waals surface area (Å²) in [6.07, 6.45) is -1.46. The van der Waals surface area contributed by atoms with Crippen LogP contribution in [0.5, 0.6) is 0 Å². The Morgan fingerprint density at radius 2 is 1.86 bits per heavy atom. The predicted molar refractivity (Wildman–Crippen MR) is 25.3 cm³/mol. The van der Waals surface area contributed by atoms with Crippen LogP contribution in [0, 0.1) is 11.8 Å². The van der Waals surface area contributed by atoms with Crippen molar-refractivity contribution in [3.63, 3.8) is 0 Å². The Morgan fingerprint density at radius 3 is 1.86 bits per heavy atom. The van der Waals surface area contributed by atoms with Crippen molar-refractivity contribution in [3.8, 4) is 11.8 Å². The maximum absolute atomic E-state index is 7.93. The van der Waals surface area contributed by atoms with Crippen LogP contribution in [0.2, 0.25) is 0 Å². The highest BCUT2D eigenvalue weighted by Gasteiger charge is 1.79. The van der Waals surface area contributed by atoms with Gasteiger partial charge in [0.05, 0.1) is 0 Å². The van der Waals surface area contributed by atoms with Gasteiger partial charge in [-0.05, 0) is 12.8 Å². The van der Waals surface area contributed by atoms with Gasteiger partial charge < -0.3 is 15.7 Å². The molecule has 0 aliphatic rings. The minimum absolute atomic E-state index is 0. The SMILES string of the molecule is CC#CC(O)O.O. The fraction of sp³-hybridized carbons (Fsp3) is 0.500. The average Bonchev–Trinajstić information content (AvgIpc) is 1.35. The van der Waals surface area contributed by atoms with Crippen LogP contribution in [0.4, 0.5) is 0 Å². The van der Waals surface area contributed by atoms with Crippen molar-refractivity contribution in [2.75, 3.05) is 0 Å². The summed E-state index contributed by atoms with van der Waals surface area (Å²) in [5, 5.41) is 15.9. The van der Waals surface area contributed by atoms with Crippen LogP contribution in [-0.2, 0) is 0 Å². The zero-order valence-corrected chi connectivity index (χ0v) is 3.97. The minimum atomic E-state index is -1.46. The lowest BCUT2D eigenvalue weighted by molar-refractivity contribution is 0.0108. The maximum atomic E-state index is 7.93. The Labute approximate surface area is 41.9 Å². The van der Waals surface area contributed by atoms with E-state index < -0.39 is 6.29 Å². The van der Waals surface area contributed by atoms with Crippen molar-refractivity contribution >= 4 is 0 Å². The lowest BCUT2D eigenvalue weighted by atomic mass is 10.6. The van der Waals surface area contributed by atoms with Gasteiger partial charge in [0.15, 0.2) is 0 Å². The standard InChI is InChI=1S/C4H6O2.H2O/c1-2-3-4(5)6;/h4-6H,1H3;1H2. The van der Waals surface area contributed by atoms with Crippen LogP contribution in [-0.4, -0.2) is 22.0 Å². The Morgan fingerprint density at radius 1 is 1.43 bits per heavy atom. The molecule has 0 amide bonds. The van der Waals surface area contributed by atoms with Gasteiger partial charge in [-0.25, -0.2) is 0 Å². The fourth-order valence-electron chi connectivity index (χ4n) is 0.129. The second-order valence-electron chi connectivity index (χ2n) is 0.768. The summed E-state index contributed by atoms with van der Waals surface area (Å²) < 4.78 is 0. The van der Waals surface area contributed by atoms with E-state index in [2.05, 4.69) is 11.8 Å². The molecule has 3 heteroatoms. The molecule has 0 heterocycles. The summed E-state index contributed by atoms with van der Waals surface area (Å²) >= 11 is 0. The Hall–Kier alpha value is -0.560. The number of hydrogen-bond donors (Lipinski definition) is 2. The van der Waals surface area contributed by atoms with E-state index in [9.17, 15) is 0 Å². The third-order valence-corrected chi connectivity index (χ3v) is 0.273. The third-order valence-electron chi connectivity index (χ3n) is 0.273. The van der Waals surface area contributed by atoms with E-state index >= 15 is 0 Å². The van der Waals surface area contributed by atoms with Gasteiger partial charge in [-0.15, -0.1) is 5.92 Å². The Bertz CT molecular complexity index is 76.7. The van der Waals surface area contributed by atoms with Crippen molar-refractivity contribution in [2.24, 2.45) is 0 Å². The Balaban J connectivity index is 0. The molecule has 0 atom stereocenters. The number of aliphatic hydroxyl groups is 2. The van der Waals surface area contributed by atoms with Crippen LogP contribution in [0.25, 0.3) is 0 Å². The molecule has 0 rings (SSSR count). The fourth-order valence-corrected chi connectivity index (χ4v) is 0.129. The molecule has 0 radical (unpaired) electrons. The van der Waals surface area contributed by atoms with Gasteiger partial charge in [-0.1, -0.05) is 0 Å². The second-order valence-corrected chi connectivity index (χ2v) is 0.768. The molecule has 0 fully saturated rings. The molecule has 0 aliphatic carbocycles. The molecular weight excluding hydrogens is 96.0 g/mol. The Kier molecular flexibility index (Phi) is 7.51. The molecule has 0 aromatic rings. The van der Waals surface area contributed by atoms with Gasteiger partial charge in [0.25, 0.3) is 0 Å². The number of aliphatic hydroxyl groups excluding tert-OH is 1. The van der Waals surface area contributed by atoms with Gasteiger partial charge in [-0.2, -0.15) is 0 Å². The molecule has 0 bridgehead atoms. The molecule has 0 aliphatic heterocycles. The van der Waals surface area contributed by atoms with E-state index in [1.54, 1.807) is 6.92 Å². The highest BCUT2D eigenvalue weighted by molar-refractivity contribution is 4.96. The molecule has 0 saturated carbocycles. The smallest absolute Gasteiger partial charge is 0.217 e. The summed E-state index contributed by atoms with van der Waals surface area (Å²) in [7, 11) is 0. The minimum Gasteiger partial charge on any atom is -0.412 e. The van der Waals surface area contributed by atoms with Crippen molar-refractivity contribution in [2.45, 2.75) is 13.2 Å². The van der Waals surface area contributed by atoms with E-state index in [1.807, 2.05) is 0 Å². The third kappa shape index (κ3) is 10.8. The normalized spacial score (nSPS) is 6.29. The zero-order valence-electron chi connectivity index (χ0n) is 3.97. The molecule has 3 nitrogen and oxygen atoms in total. The van der Waals surface area contributed by atoms with Crippen LogP contribution >= 0.6 is 0 Å². The molecule has 0 unspecified atom stereocenters. The van der Waals surface area contributed by atoms with Crippen LogP contribution < -0.4 is 0 Å². The quantitative estimate of drug-likeness (QED) is 0.290. The second kappa shape index (κ2) is 5.44. The van der Waals surface area contributed by atoms with Crippen LogP contribution in [0.3, 0.4) is 0 Å². The largest absolute Gasteiger partial charge is 0.412 e. The topological polar surface area (TPSA) is 72.0 Å².